The van der Waals surface area contributed by atoms with Crippen LogP contribution in [0.5, 0.6) is 5.75 Å². The quantitative estimate of drug-likeness (QED) is 0.456. The van der Waals surface area contributed by atoms with Gasteiger partial charge in [-0.3, -0.25) is 9.69 Å². The fraction of sp³-hybridized carbons (Fsp3) is 0.292. The SMILES string of the molecule is CC(C)Oc1coc(-c2nc(-c3ccc(CN4CC(C(=O)O)C4)c4ccccc34)no2)c1. The van der Waals surface area contributed by atoms with Gasteiger partial charge in [0.05, 0.1) is 12.0 Å². The van der Waals surface area contributed by atoms with Crippen molar-refractivity contribution in [2.75, 3.05) is 13.1 Å². The monoisotopic (exact) mass is 433 g/mol. The average Bonchev–Trinajstić information content (AvgIpc) is 3.39. The number of carboxylic acids is 1. The van der Waals surface area contributed by atoms with Gasteiger partial charge in [0, 0.05) is 31.3 Å². The molecule has 0 saturated carbocycles. The zero-order valence-electron chi connectivity index (χ0n) is 17.8. The molecule has 4 aromatic rings. The number of carbonyl (C=O) groups is 1. The number of furan rings is 1. The first-order chi connectivity index (χ1) is 15.5. The van der Waals surface area contributed by atoms with Gasteiger partial charge in [-0.2, -0.15) is 4.98 Å². The number of carboxylic acid groups (broad SMARTS) is 1. The van der Waals surface area contributed by atoms with Crippen molar-refractivity contribution in [3.63, 3.8) is 0 Å². The topological polar surface area (TPSA) is 102 Å². The van der Waals surface area contributed by atoms with E-state index in [0.29, 0.717) is 37.0 Å². The van der Waals surface area contributed by atoms with E-state index in [1.807, 2.05) is 44.2 Å². The third-order valence-electron chi connectivity index (χ3n) is 5.54. The Morgan fingerprint density at radius 3 is 2.75 bits per heavy atom. The summed E-state index contributed by atoms with van der Waals surface area (Å²) in [6.45, 7) is 5.74. The largest absolute Gasteiger partial charge is 0.488 e. The van der Waals surface area contributed by atoms with E-state index in [0.717, 1.165) is 21.9 Å². The van der Waals surface area contributed by atoms with Crippen molar-refractivity contribution >= 4 is 16.7 Å². The third-order valence-corrected chi connectivity index (χ3v) is 5.54. The zero-order valence-corrected chi connectivity index (χ0v) is 17.8. The minimum absolute atomic E-state index is 0.0369. The van der Waals surface area contributed by atoms with E-state index in [1.54, 1.807) is 6.07 Å². The standard InChI is InChI=1S/C24H23N3O5/c1-14(2)31-17-9-21(30-13-17)23-25-22(26-32-23)20-8-7-15(18-5-3-4-6-19(18)20)10-27-11-16(12-27)24(28)29/h3-9,13-14,16H,10-12H2,1-2H3,(H,28,29). The summed E-state index contributed by atoms with van der Waals surface area (Å²) >= 11 is 0. The minimum atomic E-state index is -0.728. The molecular weight excluding hydrogens is 410 g/mol. The van der Waals surface area contributed by atoms with Crippen LogP contribution in [0.15, 0.2) is 57.7 Å². The molecule has 0 unspecified atom stereocenters. The van der Waals surface area contributed by atoms with Crippen LogP contribution in [0.3, 0.4) is 0 Å². The predicted octanol–water partition coefficient (Wildman–Crippen LogP) is 4.45. The number of rotatable bonds is 7. The smallest absolute Gasteiger partial charge is 0.309 e. The number of ether oxygens (including phenoxy) is 1. The molecule has 0 amide bonds. The van der Waals surface area contributed by atoms with Crippen molar-refractivity contribution in [1.82, 2.24) is 15.0 Å². The van der Waals surface area contributed by atoms with Crippen LogP contribution >= 0.6 is 0 Å². The molecular formula is C24H23N3O5. The van der Waals surface area contributed by atoms with E-state index in [4.69, 9.17) is 18.8 Å². The van der Waals surface area contributed by atoms with Gasteiger partial charge in [0.25, 0.3) is 5.89 Å². The maximum absolute atomic E-state index is 11.1. The number of nitrogens with zero attached hydrogens (tertiary/aromatic N) is 3. The lowest BCUT2D eigenvalue weighted by Gasteiger charge is -2.36. The summed E-state index contributed by atoms with van der Waals surface area (Å²) in [5.41, 5.74) is 2.00. The highest BCUT2D eigenvalue weighted by molar-refractivity contribution is 5.97. The highest BCUT2D eigenvalue weighted by atomic mass is 16.5. The first-order valence-corrected chi connectivity index (χ1v) is 10.5. The molecule has 1 aliphatic rings. The van der Waals surface area contributed by atoms with Crippen molar-refractivity contribution in [2.45, 2.75) is 26.5 Å². The molecule has 2 aromatic heterocycles. The fourth-order valence-corrected chi connectivity index (χ4v) is 3.99. The second kappa shape index (κ2) is 8.12. The highest BCUT2D eigenvalue weighted by Gasteiger charge is 2.32. The summed E-state index contributed by atoms with van der Waals surface area (Å²) in [5, 5.41) is 15.4. The number of hydrogen-bond donors (Lipinski definition) is 1. The lowest BCUT2D eigenvalue weighted by molar-refractivity contribution is -0.147. The van der Waals surface area contributed by atoms with Crippen LogP contribution in [0.2, 0.25) is 0 Å². The molecule has 0 bridgehead atoms. The van der Waals surface area contributed by atoms with Gasteiger partial charge in [-0.05, 0) is 30.2 Å². The first kappa shape index (κ1) is 20.3. The molecule has 3 heterocycles. The van der Waals surface area contributed by atoms with Gasteiger partial charge < -0.3 is 18.8 Å². The van der Waals surface area contributed by atoms with Crippen LogP contribution in [0.1, 0.15) is 19.4 Å². The number of benzene rings is 2. The summed E-state index contributed by atoms with van der Waals surface area (Å²) in [5.74, 6) is 0.819. The Balaban J connectivity index is 1.42. The molecule has 8 nitrogen and oxygen atoms in total. The van der Waals surface area contributed by atoms with Crippen LogP contribution in [-0.2, 0) is 11.3 Å². The maximum Gasteiger partial charge on any atom is 0.309 e. The second-order valence-corrected chi connectivity index (χ2v) is 8.28. The molecule has 0 radical (unpaired) electrons. The summed E-state index contributed by atoms with van der Waals surface area (Å²) in [7, 11) is 0. The molecule has 0 aliphatic carbocycles. The lowest BCUT2D eigenvalue weighted by atomic mass is 9.95. The number of hydrogen-bond acceptors (Lipinski definition) is 7. The highest BCUT2D eigenvalue weighted by Crippen LogP contribution is 2.33. The van der Waals surface area contributed by atoms with Crippen molar-refractivity contribution in [3.05, 3.63) is 54.3 Å². The van der Waals surface area contributed by atoms with Gasteiger partial charge in [-0.1, -0.05) is 41.6 Å². The van der Waals surface area contributed by atoms with E-state index >= 15 is 0 Å². The Morgan fingerprint density at radius 2 is 2.00 bits per heavy atom. The molecule has 1 aliphatic heterocycles. The Morgan fingerprint density at radius 1 is 1.22 bits per heavy atom. The lowest BCUT2D eigenvalue weighted by Crippen LogP contribution is -2.49. The number of aromatic nitrogens is 2. The minimum Gasteiger partial charge on any atom is -0.488 e. The molecule has 8 heteroatoms. The molecule has 164 valence electrons. The Hall–Kier alpha value is -3.65. The molecule has 32 heavy (non-hydrogen) atoms. The van der Waals surface area contributed by atoms with E-state index in [2.05, 4.69) is 21.1 Å². The Kier molecular flexibility index (Phi) is 5.14. The Labute approximate surface area is 184 Å². The zero-order chi connectivity index (χ0) is 22.2. The summed E-state index contributed by atoms with van der Waals surface area (Å²) in [6, 6.07) is 13.8. The molecule has 1 N–H and O–H groups in total. The van der Waals surface area contributed by atoms with Crippen LogP contribution in [-0.4, -0.2) is 45.3 Å². The van der Waals surface area contributed by atoms with Gasteiger partial charge in [-0.15, -0.1) is 0 Å². The van der Waals surface area contributed by atoms with Gasteiger partial charge in [-0.25, -0.2) is 0 Å². The molecule has 1 fully saturated rings. The first-order valence-electron chi connectivity index (χ1n) is 10.5. The summed E-state index contributed by atoms with van der Waals surface area (Å²) in [4.78, 5) is 17.8. The van der Waals surface area contributed by atoms with E-state index in [9.17, 15) is 4.79 Å². The summed E-state index contributed by atoms with van der Waals surface area (Å²) < 4.78 is 16.6. The van der Waals surface area contributed by atoms with Gasteiger partial charge in [0.2, 0.25) is 5.82 Å². The van der Waals surface area contributed by atoms with Crippen molar-refractivity contribution in [2.24, 2.45) is 5.92 Å². The molecule has 0 atom stereocenters. The third kappa shape index (κ3) is 3.85. The van der Waals surface area contributed by atoms with Crippen LogP contribution in [0.4, 0.5) is 0 Å². The number of likely N-dealkylation sites (tertiary alicyclic amines) is 1. The molecule has 2 aromatic carbocycles. The van der Waals surface area contributed by atoms with Gasteiger partial charge >= 0.3 is 5.97 Å². The fourth-order valence-electron chi connectivity index (χ4n) is 3.99. The summed E-state index contributed by atoms with van der Waals surface area (Å²) in [6.07, 6.45) is 1.56. The van der Waals surface area contributed by atoms with Crippen molar-refractivity contribution < 1.29 is 23.6 Å². The second-order valence-electron chi connectivity index (χ2n) is 8.28. The molecule has 1 saturated heterocycles. The normalized spacial score (nSPS) is 14.7. The molecule has 5 rings (SSSR count). The van der Waals surface area contributed by atoms with Gasteiger partial charge in [0.15, 0.2) is 11.5 Å². The maximum atomic E-state index is 11.1. The van der Waals surface area contributed by atoms with Crippen LogP contribution in [0, 0.1) is 5.92 Å². The predicted molar refractivity (Wildman–Crippen MR) is 117 cm³/mol. The molecule has 0 spiro atoms. The van der Waals surface area contributed by atoms with Crippen LogP contribution in [0.25, 0.3) is 33.8 Å². The van der Waals surface area contributed by atoms with Crippen molar-refractivity contribution in [1.29, 1.82) is 0 Å². The van der Waals surface area contributed by atoms with E-state index in [1.165, 1.54) is 6.26 Å². The van der Waals surface area contributed by atoms with Crippen LogP contribution < -0.4 is 4.74 Å². The van der Waals surface area contributed by atoms with E-state index in [-0.39, 0.29) is 17.9 Å². The number of aliphatic carboxylic acids is 1. The Bertz CT molecular complexity index is 1270. The van der Waals surface area contributed by atoms with Gasteiger partial charge in [0.1, 0.15) is 6.26 Å². The average molecular weight is 433 g/mol. The van der Waals surface area contributed by atoms with Crippen molar-refractivity contribution in [3.8, 4) is 28.8 Å². The number of fused-ring (bicyclic) bond motifs is 1. The van der Waals surface area contributed by atoms with E-state index < -0.39 is 5.97 Å².